The minimum atomic E-state index is 0.0931. The van der Waals surface area contributed by atoms with Crippen LogP contribution in [0, 0.1) is 0 Å². The minimum absolute atomic E-state index is 0.0931. The van der Waals surface area contributed by atoms with Crippen LogP contribution in [-0.2, 0) is 0 Å². The van der Waals surface area contributed by atoms with Crippen LogP contribution < -0.4 is 10.5 Å². The molecule has 1 rings (SSSR count). The Labute approximate surface area is 131 Å². The Bertz CT molecular complexity index is 376. The largest absolute Gasteiger partial charge is 0.491 e. The molecule has 2 nitrogen and oxygen atoms in total. The molecular weight excluding hydrogens is 258 g/mol. The van der Waals surface area contributed by atoms with Gasteiger partial charge in [-0.05, 0) is 26.3 Å². The first-order valence-corrected chi connectivity index (χ1v) is 8.66. The molecule has 2 heteroatoms. The van der Waals surface area contributed by atoms with Gasteiger partial charge < -0.3 is 10.5 Å². The SMILES string of the molecule is CCCCCCCCCC(N)c1ccccc1OC(C)C. The van der Waals surface area contributed by atoms with Gasteiger partial charge in [-0.25, -0.2) is 0 Å². The van der Waals surface area contributed by atoms with Gasteiger partial charge in [0.2, 0.25) is 0 Å². The molecule has 0 heterocycles. The average Bonchev–Trinajstić information content (AvgIpc) is 2.46. The first kappa shape index (κ1) is 18.0. The molecule has 0 saturated carbocycles. The van der Waals surface area contributed by atoms with Gasteiger partial charge in [0.25, 0.3) is 0 Å². The van der Waals surface area contributed by atoms with E-state index in [1.54, 1.807) is 0 Å². The number of benzene rings is 1. The molecule has 120 valence electrons. The van der Waals surface area contributed by atoms with Crippen molar-refractivity contribution in [3.05, 3.63) is 29.8 Å². The number of ether oxygens (including phenoxy) is 1. The lowest BCUT2D eigenvalue weighted by Gasteiger charge is -2.18. The molecule has 1 aromatic rings. The Kier molecular flexibility index (Phi) is 9.16. The highest BCUT2D eigenvalue weighted by Gasteiger charge is 2.12. The summed E-state index contributed by atoms with van der Waals surface area (Å²) < 4.78 is 5.86. The van der Waals surface area contributed by atoms with Crippen molar-refractivity contribution in [3.8, 4) is 5.75 Å². The predicted octanol–water partition coefficient (Wildman–Crippen LogP) is 5.61. The van der Waals surface area contributed by atoms with Crippen LogP contribution in [0.3, 0.4) is 0 Å². The Balaban J connectivity index is 2.33. The van der Waals surface area contributed by atoms with Crippen LogP contribution in [0.5, 0.6) is 5.75 Å². The van der Waals surface area contributed by atoms with Gasteiger partial charge in [0.15, 0.2) is 0 Å². The van der Waals surface area contributed by atoms with Gasteiger partial charge in [-0.2, -0.15) is 0 Å². The van der Waals surface area contributed by atoms with Gasteiger partial charge in [0.05, 0.1) is 6.10 Å². The zero-order valence-corrected chi connectivity index (χ0v) is 14.1. The van der Waals surface area contributed by atoms with E-state index < -0.39 is 0 Å². The number of nitrogens with two attached hydrogens (primary N) is 1. The van der Waals surface area contributed by atoms with Gasteiger partial charge in [0, 0.05) is 11.6 Å². The topological polar surface area (TPSA) is 35.2 Å². The van der Waals surface area contributed by atoms with Crippen LogP contribution in [0.15, 0.2) is 24.3 Å². The van der Waals surface area contributed by atoms with Gasteiger partial charge in [-0.15, -0.1) is 0 Å². The predicted molar refractivity (Wildman–Crippen MR) is 91.7 cm³/mol. The first-order chi connectivity index (χ1) is 10.1. The number of hydrogen-bond donors (Lipinski definition) is 1. The molecule has 0 aliphatic heterocycles. The van der Waals surface area contributed by atoms with Crippen molar-refractivity contribution < 1.29 is 4.74 Å². The maximum Gasteiger partial charge on any atom is 0.124 e. The van der Waals surface area contributed by atoms with Gasteiger partial charge in [-0.1, -0.05) is 70.1 Å². The van der Waals surface area contributed by atoms with Gasteiger partial charge >= 0.3 is 0 Å². The quantitative estimate of drug-likeness (QED) is 0.537. The highest BCUT2D eigenvalue weighted by Crippen LogP contribution is 2.27. The Hall–Kier alpha value is -1.02. The maximum absolute atomic E-state index is 6.35. The lowest BCUT2D eigenvalue weighted by atomic mass is 9.99. The third kappa shape index (κ3) is 7.52. The molecule has 1 aromatic carbocycles. The highest BCUT2D eigenvalue weighted by atomic mass is 16.5. The van der Waals surface area contributed by atoms with Crippen LogP contribution in [0.1, 0.15) is 83.7 Å². The van der Waals surface area contributed by atoms with Crippen LogP contribution >= 0.6 is 0 Å². The van der Waals surface area contributed by atoms with E-state index in [1.807, 2.05) is 18.2 Å². The Morgan fingerprint density at radius 2 is 1.57 bits per heavy atom. The van der Waals surface area contributed by atoms with Crippen molar-refractivity contribution in [1.82, 2.24) is 0 Å². The summed E-state index contributed by atoms with van der Waals surface area (Å²) in [7, 11) is 0. The second kappa shape index (κ2) is 10.7. The number of rotatable bonds is 11. The molecule has 0 radical (unpaired) electrons. The summed E-state index contributed by atoms with van der Waals surface area (Å²) >= 11 is 0. The third-order valence-corrected chi connectivity index (χ3v) is 3.80. The molecule has 0 amide bonds. The molecule has 1 unspecified atom stereocenters. The van der Waals surface area contributed by atoms with Crippen molar-refractivity contribution in [1.29, 1.82) is 0 Å². The fraction of sp³-hybridized carbons (Fsp3) is 0.684. The molecule has 21 heavy (non-hydrogen) atoms. The smallest absolute Gasteiger partial charge is 0.124 e. The summed E-state index contributed by atoms with van der Waals surface area (Å²) in [4.78, 5) is 0. The number of hydrogen-bond acceptors (Lipinski definition) is 2. The van der Waals surface area contributed by atoms with Gasteiger partial charge in [0.1, 0.15) is 5.75 Å². The van der Waals surface area contributed by atoms with Crippen molar-refractivity contribution in [2.24, 2.45) is 5.73 Å². The molecule has 2 N–H and O–H groups in total. The van der Waals surface area contributed by atoms with E-state index in [9.17, 15) is 0 Å². The summed E-state index contributed by atoms with van der Waals surface area (Å²) in [5.74, 6) is 0.947. The van der Waals surface area contributed by atoms with Crippen LogP contribution in [0.4, 0.5) is 0 Å². The zero-order chi connectivity index (χ0) is 15.5. The van der Waals surface area contributed by atoms with Crippen LogP contribution in [0.2, 0.25) is 0 Å². The summed E-state index contributed by atoms with van der Waals surface area (Å²) in [6, 6.07) is 8.29. The maximum atomic E-state index is 6.35. The standard InChI is InChI=1S/C19H33NO/c1-4-5-6-7-8-9-10-14-18(20)17-13-11-12-15-19(17)21-16(2)3/h11-13,15-16,18H,4-10,14,20H2,1-3H3. The molecule has 0 bridgehead atoms. The van der Waals surface area contributed by atoms with Crippen LogP contribution in [0.25, 0.3) is 0 Å². The number of unbranched alkanes of at least 4 members (excludes halogenated alkanes) is 6. The van der Waals surface area contributed by atoms with Crippen LogP contribution in [-0.4, -0.2) is 6.10 Å². The fourth-order valence-electron chi connectivity index (χ4n) is 2.62. The molecule has 0 spiro atoms. The highest BCUT2D eigenvalue weighted by molar-refractivity contribution is 5.35. The van der Waals surface area contributed by atoms with E-state index >= 15 is 0 Å². The van der Waals surface area contributed by atoms with E-state index in [2.05, 4.69) is 26.8 Å². The monoisotopic (exact) mass is 291 g/mol. The average molecular weight is 291 g/mol. The van der Waals surface area contributed by atoms with E-state index in [0.717, 1.165) is 17.7 Å². The van der Waals surface area contributed by atoms with Crippen molar-refractivity contribution in [2.45, 2.75) is 84.3 Å². The normalized spacial score (nSPS) is 12.6. The van der Waals surface area contributed by atoms with E-state index in [1.165, 1.54) is 44.9 Å². The number of para-hydroxylation sites is 1. The molecule has 0 aliphatic carbocycles. The fourth-order valence-corrected chi connectivity index (χ4v) is 2.62. The molecule has 0 aromatic heterocycles. The lowest BCUT2D eigenvalue weighted by Crippen LogP contribution is -2.14. The summed E-state index contributed by atoms with van der Waals surface area (Å²) in [5, 5.41) is 0. The molecular formula is C19H33NO. The van der Waals surface area contributed by atoms with E-state index in [-0.39, 0.29) is 12.1 Å². The van der Waals surface area contributed by atoms with E-state index in [0.29, 0.717) is 0 Å². The summed E-state index contributed by atoms with van der Waals surface area (Å²) in [5.41, 5.74) is 7.50. The van der Waals surface area contributed by atoms with Crippen molar-refractivity contribution in [2.75, 3.05) is 0 Å². The Morgan fingerprint density at radius 1 is 0.952 bits per heavy atom. The second-order valence-corrected chi connectivity index (χ2v) is 6.22. The third-order valence-electron chi connectivity index (χ3n) is 3.80. The summed E-state index contributed by atoms with van der Waals surface area (Å²) in [6.45, 7) is 6.37. The minimum Gasteiger partial charge on any atom is -0.491 e. The molecule has 0 fully saturated rings. The van der Waals surface area contributed by atoms with Crippen molar-refractivity contribution in [3.63, 3.8) is 0 Å². The molecule has 0 aliphatic rings. The molecule has 0 saturated heterocycles. The Morgan fingerprint density at radius 3 is 2.24 bits per heavy atom. The summed E-state index contributed by atoms with van der Waals surface area (Å²) in [6.07, 6.45) is 10.5. The lowest BCUT2D eigenvalue weighted by molar-refractivity contribution is 0.238. The van der Waals surface area contributed by atoms with E-state index in [4.69, 9.17) is 10.5 Å². The zero-order valence-electron chi connectivity index (χ0n) is 14.1. The van der Waals surface area contributed by atoms with Gasteiger partial charge in [-0.3, -0.25) is 0 Å². The second-order valence-electron chi connectivity index (χ2n) is 6.22. The molecule has 1 atom stereocenters. The van der Waals surface area contributed by atoms with Crippen molar-refractivity contribution >= 4 is 0 Å². The first-order valence-electron chi connectivity index (χ1n) is 8.66.